The van der Waals surface area contributed by atoms with Crippen LogP contribution in [-0.4, -0.2) is 37.1 Å². The zero-order valence-corrected chi connectivity index (χ0v) is 9.51. The molecule has 0 aromatic heterocycles. The van der Waals surface area contributed by atoms with Crippen molar-refractivity contribution < 1.29 is 0 Å². The average Bonchev–Trinajstić information content (AvgIpc) is 2.13. The van der Waals surface area contributed by atoms with Crippen LogP contribution in [0.3, 0.4) is 0 Å². The van der Waals surface area contributed by atoms with Gasteiger partial charge in [0.25, 0.3) is 0 Å². The largest absolute Gasteiger partial charge is 0.314 e. The Kier molecular flexibility index (Phi) is 4.20. The van der Waals surface area contributed by atoms with E-state index in [0.29, 0.717) is 0 Å². The summed E-state index contributed by atoms with van der Waals surface area (Å²) < 4.78 is 0. The summed E-state index contributed by atoms with van der Waals surface area (Å²) in [6.45, 7) is 9.35. The van der Waals surface area contributed by atoms with Crippen molar-refractivity contribution in [2.75, 3.05) is 20.1 Å². The molecule has 0 amide bonds. The van der Waals surface area contributed by atoms with Crippen LogP contribution in [0.5, 0.6) is 0 Å². The molecule has 0 bridgehead atoms. The van der Waals surface area contributed by atoms with E-state index in [0.717, 1.165) is 18.0 Å². The molecule has 1 fully saturated rings. The van der Waals surface area contributed by atoms with Gasteiger partial charge in [0.1, 0.15) is 0 Å². The van der Waals surface area contributed by atoms with Crippen LogP contribution in [0, 0.1) is 5.92 Å². The molecule has 1 rings (SSSR count). The summed E-state index contributed by atoms with van der Waals surface area (Å²) in [6, 6.07) is 1.47. The van der Waals surface area contributed by atoms with Crippen LogP contribution in [-0.2, 0) is 0 Å². The molecule has 2 nitrogen and oxygen atoms in total. The lowest BCUT2D eigenvalue weighted by atomic mass is 9.87. The normalized spacial score (nSPS) is 36.5. The van der Waals surface area contributed by atoms with Crippen LogP contribution in [0.15, 0.2) is 0 Å². The highest BCUT2D eigenvalue weighted by atomic mass is 15.2. The van der Waals surface area contributed by atoms with Crippen molar-refractivity contribution in [2.24, 2.45) is 5.92 Å². The van der Waals surface area contributed by atoms with E-state index in [1.165, 1.54) is 25.9 Å². The van der Waals surface area contributed by atoms with Crippen molar-refractivity contribution in [3.8, 4) is 0 Å². The standard InChI is InChI=1S/C11H24N2/c1-5-7-12-11-6-8-13(4)10(3)9(11)2/h9-12H,5-8H2,1-4H3. The Balaban J connectivity index is 2.39. The molecule has 1 N–H and O–H groups in total. The number of hydrogen-bond acceptors (Lipinski definition) is 2. The molecule has 1 heterocycles. The predicted octanol–water partition coefficient (Wildman–Crippen LogP) is 1.71. The molecule has 1 aliphatic heterocycles. The number of hydrogen-bond donors (Lipinski definition) is 1. The minimum absolute atomic E-state index is 0.725. The van der Waals surface area contributed by atoms with Gasteiger partial charge >= 0.3 is 0 Å². The number of rotatable bonds is 3. The third-order valence-electron chi connectivity index (χ3n) is 3.54. The highest BCUT2D eigenvalue weighted by Crippen LogP contribution is 2.21. The van der Waals surface area contributed by atoms with Crippen LogP contribution >= 0.6 is 0 Å². The van der Waals surface area contributed by atoms with Gasteiger partial charge in [0.15, 0.2) is 0 Å². The van der Waals surface area contributed by atoms with Gasteiger partial charge in [0.2, 0.25) is 0 Å². The van der Waals surface area contributed by atoms with Crippen molar-refractivity contribution in [3.05, 3.63) is 0 Å². The van der Waals surface area contributed by atoms with Crippen LogP contribution in [0.25, 0.3) is 0 Å². The summed E-state index contributed by atoms with van der Waals surface area (Å²) in [7, 11) is 2.23. The third kappa shape index (κ3) is 2.68. The second-order valence-corrected chi connectivity index (χ2v) is 4.43. The van der Waals surface area contributed by atoms with Gasteiger partial charge in [0.05, 0.1) is 0 Å². The molecule has 0 aromatic carbocycles. The first kappa shape index (κ1) is 11.0. The van der Waals surface area contributed by atoms with Gasteiger partial charge in [-0.15, -0.1) is 0 Å². The van der Waals surface area contributed by atoms with Gasteiger partial charge in [-0.25, -0.2) is 0 Å². The zero-order chi connectivity index (χ0) is 9.84. The van der Waals surface area contributed by atoms with E-state index >= 15 is 0 Å². The van der Waals surface area contributed by atoms with Crippen molar-refractivity contribution in [1.29, 1.82) is 0 Å². The molecule has 0 radical (unpaired) electrons. The van der Waals surface area contributed by atoms with Gasteiger partial charge in [-0.1, -0.05) is 13.8 Å². The van der Waals surface area contributed by atoms with Gasteiger partial charge in [-0.05, 0) is 45.8 Å². The second-order valence-electron chi connectivity index (χ2n) is 4.43. The number of nitrogens with zero attached hydrogens (tertiary/aromatic N) is 1. The Morgan fingerprint density at radius 1 is 1.38 bits per heavy atom. The number of piperidine rings is 1. The van der Waals surface area contributed by atoms with Crippen molar-refractivity contribution in [3.63, 3.8) is 0 Å². The Hall–Kier alpha value is -0.0800. The molecule has 2 heteroatoms. The fourth-order valence-electron chi connectivity index (χ4n) is 2.16. The molecule has 0 saturated carbocycles. The summed E-state index contributed by atoms with van der Waals surface area (Å²) >= 11 is 0. The summed E-state index contributed by atoms with van der Waals surface area (Å²) in [5, 5.41) is 3.65. The first-order chi connectivity index (χ1) is 6.16. The Morgan fingerprint density at radius 3 is 2.69 bits per heavy atom. The SMILES string of the molecule is CCCNC1CCN(C)C(C)C1C. The molecule has 1 saturated heterocycles. The maximum Gasteiger partial charge on any atom is 0.0120 e. The molecule has 3 atom stereocenters. The minimum atomic E-state index is 0.725. The van der Waals surface area contributed by atoms with E-state index in [4.69, 9.17) is 0 Å². The Morgan fingerprint density at radius 2 is 2.08 bits per heavy atom. The monoisotopic (exact) mass is 184 g/mol. The molecule has 13 heavy (non-hydrogen) atoms. The first-order valence-corrected chi connectivity index (χ1v) is 5.60. The fraction of sp³-hybridized carbons (Fsp3) is 1.00. The Labute approximate surface area is 82.7 Å². The highest BCUT2D eigenvalue weighted by Gasteiger charge is 2.29. The lowest BCUT2D eigenvalue weighted by Gasteiger charge is -2.41. The molecular formula is C11H24N2. The van der Waals surface area contributed by atoms with Crippen LogP contribution in [0.4, 0.5) is 0 Å². The van der Waals surface area contributed by atoms with E-state index in [9.17, 15) is 0 Å². The van der Waals surface area contributed by atoms with Crippen LogP contribution in [0.1, 0.15) is 33.6 Å². The van der Waals surface area contributed by atoms with E-state index < -0.39 is 0 Å². The summed E-state index contributed by atoms with van der Waals surface area (Å²) in [6.07, 6.45) is 2.55. The van der Waals surface area contributed by atoms with E-state index in [-0.39, 0.29) is 0 Å². The van der Waals surface area contributed by atoms with Gasteiger partial charge < -0.3 is 10.2 Å². The van der Waals surface area contributed by atoms with Crippen molar-refractivity contribution in [1.82, 2.24) is 10.2 Å². The van der Waals surface area contributed by atoms with E-state index in [1.807, 2.05) is 0 Å². The van der Waals surface area contributed by atoms with Gasteiger partial charge in [-0.2, -0.15) is 0 Å². The summed E-state index contributed by atoms with van der Waals surface area (Å²) in [4.78, 5) is 2.47. The number of likely N-dealkylation sites (tertiary alicyclic amines) is 1. The zero-order valence-electron chi connectivity index (χ0n) is 9.51. The molecule has 0 aliphatic carbocycles. The quantitative estimate of drug-likeness (QED) is 0.718. The lowest BCUT2D eigenvalue weighted by Crippen LogP contribution is -2.52. The predicted molar refractivity (Wildman–Crippen MR) is 58.0 cm³/mol. The molecule has 3 unspecified atom stereocenters. The second kappa shape index (κ2) is 4.97. The molecule has 0 spiro atoms. The molecular weight excluding hydrogens is 160 g/mol. The average molecular weight is 184 g/mol. The van der Waals surface area contributed by atoms with Crippen LogP contribution < -0.4 is 5.32 Å². The van der Waals surface area contributed by atoms with Gasteiger partial charge in [0, 0.05) is 12.1 Å². The highest BCUT2D eigenvalue weighted by molar-refractivity contribution is 4.86. The maximum atomic E-state index is 3.65. The van der Waals surface area contributed by atoms with Gasteiger partial charge in [-0.3, -0.25) is 0 Å². The maximum absolute atomic E-state index is 3.65. The third-order valence-corrected chi connectivity index (χ3v) is 3.54. The first-order valence-electron chi connectivity index (χ1n) is 5.60. The van der Waals surface area contributed by atoms with Crippen LogP contribution in [0.2, 0.25) is 0 Å². The van der Waals surface area contributed by atoms with E-state index in [2.05, 4.69) is 38.0 Å². The summed E-state index contributed by atoms with van der Waals surface area (Å²) in [5.41, 5.74) is 0. The number of nitrogens with one attached hydrogen (secondary N) is 1. The lowest BCUT2D eigenvalue weighted by molar-refractivity contribution is 0.110. The van der Waals surface area contributed by atoms with Crippen molar-refractivity contribution in [2.45, 2.75) is 45.7 Å². The molecule has 0 aromatic rings. The molecule has 1 aliphatic rings. The molecule has 78 valence electrons. The topological polar surface area (TPSA) is 15.3 Å². The Bertz CT molecular complexity index is 145. The minimum Gasteiger partial charge on any atom is -0.314 e. The van der Waals surface area contributed by atoms with Crippen molar-refractivity contribution >= 4 is 0 Å². The fourth-order valence-corrected chi connectivity index (χ4v) is 2.16. The summed E-state index contributed by atoms with van der Waals surface area (Å²) in [5.74, 6) is 0.783. The van der Waals surface area contributed by atoms with E-state index in [1.54, 1.807) is 0 Å². The smallest absolute Gasteiger partial charge is 0.0120 e.